The number of carbonyl (C=O) groups is 2. The Morgan fingerprint density at radius 2 is 1.35 bits per heavy atom. The molecule has 0 aliphatic rings. The van der Waals surface area contributed by atoms with E-state index in [1.807, 2.05) is 81.4 Å². The van der Waals surface area contributed by atoms with E-state index in [0.717, 1.165) is 16.7 Å². The first-order chi connectivity index (χ1) is 17.4. The number of benzene rings is 2. The van der Waals surface area contributed by atoms with Crippen molar-refractivity contribution in [2.75, 3.05) is 5.32 Å². The Morgan fingerprint density at radius 1 is 0.811 bits per heavy atom. The average Bonchev–Trinajstić information content (AvgIpc) is 2.81. The fourth-order valence-electron chi connectivity index (χ4n) is 3.47. The molecule has 0 saturated heterocycles. The van der Waals surface area contributed by atoms with E-state index in [0.29, 0.717) is 11.5 Å². The van der Waals surface area contributed by atoms with Gasteiger partial charge in [0.2, 0.25) is 0 Å². The first-order valence-corrected chi connectivity index (χ1v) is 12.3. The Hall–Kier alpha value is -4.00. The van der Waals surface area contributed by atoms with Crippen LogP contribution in [0.1, 0.15) is 58.2 Å². The maximum Gasteiger partial charge on any atom is 0.413 e. The highest BCUT2D eigenvalue weighted by Crippen LogP contribution is 2.19. The molecule has 7 heteroatoms. The molecule has 1 heterocycles. The van der Waals surface area contributed by atoms with Crippen LogP contribution in [0.4, 0.5) is 10.6 Å². The number of hydrogen-bond acceptors (Lipinski definition) is 6. The van der Waals surface area contributed by atoms with Crippen LogP contribution in [-0.2, 0) is 20.7 Å². The first-order valence-electron chi connectivity index (χ1n) is 12.3. The van der Waals surface area contributed by atoms with Gasteiger partial charge in [-0.25, -0.2) is 14.6 Å². The molecule has 1 amide bonds. The normalized spacial score (nSPS) is 12.3. The molecule has 194 valence electrons. The van der Waals surface area contributed by atoms with Crippen LogP contribution in [-0.4, -0.2) is 40.0 Å². The second-order valence-corrected chi connectivity index (χ2v) is 10.6. The number of pyridine rings is 1. The second kappa shape index (κ2) is 11.8. The standard InChI is InChI=1S/C30H35N3O4/c1-29(2,3)36-27(34)24(19-21-17-18-25(31-20-21)33-28(35)37-30(4,5)6)32-26(22-13-9-7-10-14-22)23-15-11-8-12-16-23/h7-18,20,24H,19H2,1-6H3,(H,31,33,35). The molecule has 0 radical (unpaired) electrons. The van der Waals surface area contributed by atoms with Crippen LogP contribution < -0.4 is 5.32 Å². The van der Waals surface area contributed by atoms with E-state index >= 15 is 0 Å². The van der Waals surface area contributed by atoms with Gasteiger partial charge < -0.3 is 9.47 Å². The first kappa shape index (κ1) is 27.6. The number of esters is 1. The van der Waals surface area contributed by atoms with Crippen LogP contribution >= 0.6 is 0 Å². The lowest BCUT2D eigenvalue weighted by atomic mass is 10.0. The number of aromatic nitrogens is 1. The summed E-state index contributed by atoms with van der Waals surface area (Å²) in [6.45, 7) is 10.9. The van der Waals surface area contributed by atoms with Crippen LogP contribution in [0.5, 0.6) is 0 Å². The van der Waals surface area contributed by atoms with Crippen molar-refractivity contribution in [2.24, 2.45) is 4.99 Å². The van der Waals surface area contributed by atoms with Gasteiger partial charge in [-0.1, -0.05) is 66.7 Å². The molecule has 0 fully saturated rings. The molecule has 3 rings (SSSR count). The van der Waals surface area contributed by atoms with E-state index in [-0.39, 0.29) is 6.42 Å². The molecule has 1 N–H and O–H groups in total. The number of ether oxygens (including phenoxy) is 2. The molecule has 3 aromatic rings. The van der Waals surface area contributed by atoms with Gasteiger partial charge in [0.1, 0.15) is 17.0 Å². The van der Waals surface area contributed by atoms with Crippen LogP contribution in [0.2, 0.25) is 0 Å². The largest absolute Gasteiger partial charge is 0.458 e. The minimum absolute atomic E-state index is 0.276. The predicted molar refractivity (Wildman–Crippen MR) is 146 cm³/mol. The average molecular weight is 502 g/mol. The Balaban J connectivity index is 1.92. The van der Waals surface area contributed by atoms with Gasteiger partial charge in [0.05, 0.1) is 5.71 Å². The van der Waals surface area contributed by atoms with Crippen LogP contribution in [0.15, 0.2) is 84.0 Å². The van der Waals surface area contributed by atoms with Crippen molar-refractivity contribution in [3.05, 3.63) is 95.7 Å². The lowest BCUT2D eigenvalue weighted by molar-refractivity contribution is -0.156. The van der Waals surface area contributed by atoms with E-state index in [1.54, 1.807) is 39.1 Å². The highest BCUT2D eigenvalue weighted by Gasteiger charge is 2.26. The molecule has 37 heavy (non-hydrogen) atoms. The van der Waals surface area contributed by atoms with Gasteiger partial charge in [0, 0.05) is 23.7 Å². The van der Waals surface area contributed by atoms with Gasteiger partial charge in [-0.3, -0.25) is 10.3 Å². The molecule has 0 bridgehead atoms. The van der Waals surface area contributed by atoms with Crippen molar-refractivity contribution in [1.29, 1.82) is 0 Å². The number of nitrogens with one attached hydrogen (secondary N) is 1. The Labute approximate surface area is 219 Å². The number of anilines is 1. The summed E-state index contributed by atoms with van der Waals surface area (Å²) in [5, 5.41) is 2.62. The molecular weight excluding hydrogens is 466 g/mol. The highest BCUT2D eigenvalue weighted by molar-refractivity contribution is 6.13. The third-order valence-corrected chi connectivity index (χ3v) is 4.94. The van der Waals surface area contributed by atoms with Crippen LogP contribution in [0.3, 0.4) is 0 Å². The van der Waals surface area contributed by atoms with Gasteiger partial charge in [-0.15, -0.1) is 0 Å². The van der Waals surface area contributed by atoms with E-state index in [2.05, 4.69) is 10.3 Å². The molecule has 2 aromatic carbocycles. The number of amides is 1. The summed E-state index contributed by atoms with van der Waals surface area (Å²) in [5.41, 5.74) is 2.00. The zero-order valence-corrected chi connectivity index (χ0v) is 22.3. The topological polar surface area (TPSA) is 89.9 Å². The SMILES string of the molecule is CC(C)(C)OC(=O)Nc1ccc(CC(N=C(c2ccccc2)c2ccccc2)C(=O)OC(C)(C)C)cn1. The highest BCUT2D eigenvalue weighted by atomic mass is 16.6. The van der Waals surface area contributed by atoms with Gasteiger partial charge in [0.25, 0.3) is 0 Å². The molecular formula is C30H35N3O4. The van der Waals surface area contributed by atoms with Crippen molar-refractivity contribution in [3.8, 4) is 0 Å². The number of carbonyl (C=O) groups excluding carboxylic acids is 2. The summed E-state index contributed by atoms with van der Waals surface area (Å²) in [4.78, 5) is 34.6. The molecule has 0 saturated carbocycles. The Morgan fingerprint density at radius 3 is 1.81 bits per heavy atom. The molecule has 0 aliphatic carbocycles. The summed E-state index contributed by atoms with van der Waals surface area (Å²) in [6, 6.07) is 22.2. The lowest BCUT2D eigenvalue weighted by Crippen LogP contribution is -2.33. The molecule has 7 nitrogen and oxygen atoms in total. The molecule has 0 aliphatic heterocycles. The smallest absolute Gasteiger partial charge is 0.413 e. The van der Waals surface area contributed by atoms with Crippen molar-refractivity contribution < 1.29 is 19.1 Å². The van der Waals surface area contributed by atoms with E-state index in [4.69, 9.17) is 14.5 Å². The maximum atomic E-state index is 13.3. The zero-order chi connectivity index (χ0) is 27.1. The van der Waals surface area contributed by atoms with Crippen LogP contribution in [0, 0.1) is 0 Å². The summed E-state index contributed by atoms with van der Waals surface area (Å²) < 4.78 is 11.0. The summed E-state index contributed by atoms with van der Waals surface area (Å²) in [7, 11) is 0. The van der Waals surface area contributed by atoms with Crippen molar-refractivity contribution in [3.63, 3.8) is 0 Å². The van der Waals surface area contributed by atoms with E-state index < -0.39 is 29.3 Å². The van der Waals surface area contributed by atoms with Gasteiger partial charge in [-0.05, 0) is 53.2 Å². The Bertz CT molecular complexity index is 1170. The summed E-state index contributed by atoms with van der Waals surface area (Å²) in [5.74, 6) is -0.0719. The fraction of sp³-hybridized carbons (Fsp3) is 0.333. The fourth-order valence-corrected chi connectivity index (χ4v) is 3.47. The minimum Gasteiger partial charge on any atom is -0.458 e. The van der Waals surface area contributed by atoms with Crippen molar-refractivity contribution >= 4 is 23.6 Å². The number of hydrogen-bond donors (Lipinski definition) is 1. The van der Waals surface area contributed by atoms with Crippen LogP contribution in [0.25, 0.3) is 0 Å². The molecule has 1 unspecified atom stereocenters. The molecule has 0 spiro atoms. The molecule has 1 atom stereocenters. The second-order valence-electron chi connectivity index (χ2n) is 10.6. The predicted octanol–water partition coefficient (Wildman–Crippen LogP) is 6.22. The van der Waals surface area contributed by atoms with Gasteiger partial charge >= 0.3 is 12.1 Å². The third kappa shape index (κ3) is 9.18. The van der Waals surface area contributed by atoms with E-state index in [1.165, 1.54) is 0 Å². The van der Waals surface area contributed by atoms with Crippen molar-refractivity contribution in [2.45, 2.75) is 65.2 Å². The summed E-state index contributed by atoms with van der Waals surface area (Å²) >= 11 is 0. The monoisotopic (exact) mass is 501 g/mol. The molecule has 1 aromatic heterocycles. The zero-order valence-electron chi connectivity index (χ0n) is 22.3. The summed E-state index contributed by atoms with van der Waals surface area (Å²) in [6.07, 6.45) is 1.31. The number of aliphatic imine (C=N–C) groups is 1. The van der Waals surface area contributed by atoms with E-state index in [9.17, 15) is 9.59 Å². The van der Waals surface area contributed by atoms with Crippen molar-refractivity contribution in [1.82, 2.24) is 4.98 Å². The third-order valence-electron chi connectivity index (χ3n) is 4.94. The minimum atomic E-state index is -0.805. The number of nitrogens with zero attached hydrogens (tertiary/aromatic N) is 2. The Kier molecular flexibility index (Phi) is 8.81. The lowest BCUT2D eigenvalue weighted by Gasteiger charge is -2.23. The van der Waals surface area contributed by atoms with Gasteiger partial charge in [0.15, 0.2) is 6.04 Å². The maximum absolute atomic E-state index is 13.3. The quantitative estimate of drug-likeness (QED) is 0.307. The number of rotatable bonds is 7. The van der Waals surface area contributed by atoms with Gasteiger partial charge in [-0.2, -0.15) is 0 Å².